The monoisotopic (exact) mass is 346 g/mol. The highest BCUT2D eigenvalue weighted by Crippen LogP contribution is 2.32. The molecule has 108 valence electrons. The van der Waals surface area contributed by atoms with Crippen molar-refractivity contribution in [2.45, 2.75) is 24.1 Å². The Morgan fingerprint density at radius 1 is 1.45 bits per heavy atom. The van der Waals surface area contributed by atoms with Crippen LogP contribution in [0.3, 0.4) is 0 Å². The Kier molecular flexibility index (Phi) is 4.75. The molecule has 1 aliphatic rings. The van der Waals surface area contributed by atoms with Gasteiger partial charge in [-0.05, 0) is 19.1 Å². The van der Waals surface area contributed by atoms with Gasteiger partial charge in [-0.25, -0.2) is 4.98 Å². The second-order valence-corrected chi connectivity index (χ2v) is 8.49. The highest BCUT2D eigenvalue weighted by atomic mass is 35.5. The van der Waals surface area contributed by atoms with E-state index in [0.29, 0.717) is 5.25 Å². The maximum absolute atomic E-state index is 6.38. The van der Waals surface area contributed by atoms with Crippen LogP contribution in [0.5, 0.6) is 0 Å². The average Bonchev–Trinajstić information content (AvgIpc) is 2.80. The highest BCUT2D eigenvalue weighted by molar-refractivity contribution is 8.06. The van der Waals surface area contributed by atoms with E-state index in [1.165, 1.54) is 17.3 Å². The zero-order valence-electron chi connectivity index (χ0n) is 11.2. The molecule has 1 fully saturated rings. The van der Waals surface area contributed by atoms with Crippen LogP contribution in [0.25, 0.3) is 11.0 Å². The Bertz CT molecular complexity index is 606. The number of hydrogen-bond acceptors (Lipinski definition) is 3. The number of rotatable bonds is 3. The van der Waals surface area contributed by atoms with Gasteiger partial charge in [0, 0.05) is 29.1 Å². The lowest BCUT2D eigenvalue weighted by Gasteiger charge is -2.23. The van der Waals surface area contributed by atoms with E-state index in [1.54, 1.807) is 0 Å². The zero-order valence-corrected chi connectivity index (χ0v) is 14.3. The summed E-state index contributed by atoms with van der Waals surface area (Å²) in [5, 5.41) is 1.25. The molecule has 0 bridgehead atoms. The van der Waals surface area contributed by atoms with Gasteiger partial charge in [-0.2, -0.15) is 23.5 Å². The van der Waals surface area contributed by atoms with E-state index >= 15 is 0 Å². The average molecular weight is 347 g/mol. The van der Waals surface area contributed by atoms with Gasteiger partial charge in [-0.3, -0.25) is 0 Å². The van der Waals surface area contributed by atoms with Gasteiger partial charge in [0.05, 0.1) is 21.4 Å². The van der Waals surface area contributed by atoms with Gasteiger partial charge >= 0.3 is 0 Å². The number of para-hydroxylation sites is 1. The van der Waals surface area contributed by atoms with Crippen molar-refractivity contribution in [1.29, 1.82) is 0 Å². The van der Waals surface area contributed by atoms with E-state index in [9.17, 15) is 0 Å². The van der Waals surface area contributed by atoms with Crippen molar-refractivity contribution in [3.8, 4) is 0 Å². The molecule has 1 saturated heterocycles. The lowest BCUT2D eigenvalue weighted by Crippen LogP contribution is -2.21. The number of nitrogens with zero attached hydrogens (tertiary/aromatic N) is 2. The van der Waals surface area contributed by atoms with E-state index in [2.05, 4.69) is 9.55 Å². The Morgan fingerprint density at radius 2 is 2.30 bits per heavy atom. The fourth-order valence-corrected chi connectivity index (χ4v) is 5.58. The van der Waals surface area contributed by atoms with Crippen LogP contribution < -0.4 is 0 Å². The third-order valence-corrected chi connectivity index (χ3v) is 6.70. The van der Waals surface area contributed by atoms with Gasteiger partial charge in [0.2, 0.25) is 0 Å². The molecule has 2 aromatic rings. The van der Waals surface area contributed by atoms with E-state index < -0.39 is 0 Å². The minimum atomic E-state index is -0.111. The van der Waals surface area contributed by atoms with Crippen molar-refractivity contribution >= 4 is 57.8 Å². The first kappa shape index (κ1) is 14.9. The molecule has 1 aliphatic heterocycles. The largest absolute Gasteiger partial charge is 0.324 e. The van der Waals surface area contributed by atoms with Crippen molar-refractivity contribution < 1.29 is 0 Å². The first-order chi connectivity index (χ1) is 9.66. The summed E-state index contributed by atoms with van der Waals surface area (Å²) >= 11 is 16.8. The molecule has 0 saturated carbocycles. The SMILES string of the molecule is CC(Cl)c1nc2cccc(Cl)c2n1CC1CSCCS1. The molecule has 2 unspecified atom stereocenters. The number of aromatic nitrogens is 2. The van der Waals surface area contributed by atoms with E-state index in [0.717, 1.165) is 28.4 Å². The van der Waals surface area contributed by atoms with Crippen LogP contribution >= 0.6 is 46.7 Å². The number of thioether (sulfide) groups is 2. The van der Waals surface area contributed by atoms with Crippen LogP contribution in [-0.2, 0) is 6.54 Å². The summed E-state index contributed by atoms with van der Waals surface area (Å²) in [4.78, 5) is 4.67. The first-order valence-corrected chi connectivity index (χ1v) is 9.66. The Labute approximate surface area is 137 Å². The molecule has 0 aliphatic carbocycles. The topological polar surface area (TPSA) is 17.8 Å². The van der Waals surface area contributed by atoms with Crippen LogP contribution in [-0.4, -0.2) is 32.1 Å². The van der Waals surface area contributed by atoms with Crippen molar-refractivity contribution in [2.75, 3.05) is 17.3 Å². The maximum Gasteiger partial charge on any atom is 0.127 e. The normalized spacial score (nSPS) is 21.2. The minimum Gasteiger partial charge on any atom is -0.324 e. The summed E-state index contributed by atoms with van der Waals surface area (Å²) in [6.07, 6.45) is 0. The molecule has 0 N–H and O–H groups in total. The number of halogens is 2. The van der Waals surface area contributed by atoms with E-state index in [4.69, 9.17) is 23.2 Å². The minimum absolute atomic E-state index is 0.111. The molecule has 0 radical (unpaired) electrons. The van der Waals surface area contributed by atoms with E-state index in [1.807, 2.05) is 48.6 Å². The van der Waals surface area contributed by atoms with Gasteiger partial charge in [-0.1, -0.05) is 17.7 Å². The molecule has 2 heterocycles. The van der Waals surface area contributed by atoms with Gasteiger partial charge in [0.15, 0.2) is 0 Å². The zero-order chi connectivity index (χ0) is 14.1. The lowest BCUT2D eigenvalue weighted by molar-refractivity contribution is 0.667. The summed E-state index contributed by atoms with van der Waals surface area (Å²) in [6, 6.07) is 5.87. The molecule has 6 heteroatoms. The molecule has 1 aromatic carbocycles. The maximum atomic E-state index is 6.38. The fraction of sp³-hybridized carbons (Fsp3) is 0.500. The second kappa shape index (κ2) is 6.39. The smallest absolute Gasteiger partial charge is 0.127 e. The van der Waals surface area contributed by atoms with Crippen molar-refractivity contribution in [1.82, 2.24) is 9.55 Å². The highest BCUT2D eigenvalue weighted by Gasteiger charge is 2.21. The summed E-state index contributed by atoms with van der Waals surface area (Å²) in [6.45, 7) is 2.90. The summed E-state index contributed by atoms with van der Waals surface area (Å²) in [5.41, 5.74) is 1.96. The standard InChI is InChI=1S/C14H16Cl2N2S2/c1-9(15)14-17-12-4-2-3-11(16)13(12)18(14)7-10-8-19-5-6-20-10/h2-4,9-10H,5-8H2,1H3. The Balaban J connectivity index is 2.03. The third kappa shape index (κ3) is 2.94. The Morgan fingerprint density at radius 3 is 3.00 bits per heavy atom. The summed E-state index contributed by atoms with van der Waals surface area (Å²) in [7, 11) is 0. The third-order valence-electron chi connectivity index (χ3n) is 3.37. The van der Waals surface area contributed by atoms with E-state index in [-0.39, 0.29) is 5.38 Å². The van der Waals surface area contributed by atoms with Crippen molar-refractivity contribution in [2.24, 2.45) is 0 Å². The van der Waals surface area contributed by atoms with Crippen molar-refractivity contribution in [3.63, 3.8) is 0 Å². The number of fused-ring (bicyclic) bond motifs is 1. The van der Waals surface area contributed by atoms with Gasteiger partial charge in [0.25, 0.3) is 0 Å². The summed E-state index contributed by atoms with van der Waals surface area (Å²) < 4.78 is 2.22. The predicted octanol–water partition coefficient (Wildman–Crippen LogP) is 4.84. The number of imidazole rings is 1. The molecule has 0 amide bonds. The van der Waals surface area contributed by atoms with Crippen LogP contribution in [0.4, 0.5) is 0 Å². The second-order valence-electron chi connectivity index (χ2n) is 4.87. The van der Waals surface area contributed by atoms with Crippen molar-refractivity contribution in [3.05, 3.63) is 29.0 Å². The van der Waals surface area contributed by atoms with Crippen LogP contribution in [0.2, 0.25) is 5.02 Å². The molecule has 2 nitrogen and oxygen atoms in total. The molecule has 20 heavy (non-hydrogen) atoms. The molecular formula is C14H16Cl2N2S2. The van der Waals surface area contributed by atoms with Crippen LogP contribution in [0, 0.1) is 0 Å². The molecule has 1 aromatic heterocycles. The molecule has 0 spiro atoms. The molecule has 2 atom stereocenters. The molecular weight excluding hydrogens is 331 g/mol. The van der Waals surface area contributed by atoms with Crippen LogP contribution in [0.1, 0.15) is 18.1 Å². The quantitative estimate of drug-likeness (QED) is 0.740. The predicted molar refractivity (Wildman–Crippen MR) is 92.6 cm³/mol. The first-order valence-electron chi connectivity index (χ1n) is 6.65. The lowest BCUT2D eigenvalue weighted by atomic mass is 10.3. The van der Waals surface area contributed by atoms with Gasteiger partial charge < -0.3 is 4.57 Å². The molecule has 3 rings (SSSR count). The fourth-order valence-electron chi connectivity index (χ4n) is 2.49. The Hall–Kier alpha value is -0.0300. The number of hydrogen-bond donors (Lipinski definition) is 0. The summed E-state index contributed by atoms with van der Waals surface area (Å²) in [5.74, 6) is 4.59. The number of alkyl halides is 1. The van der Waals surface area contributed by atoms with Gasteiger partial charge in [0.1, 0.15) is 5.82 Å². The van der Waals surface area contributed by atoms with Crippen LogP contribution in [0.15, 0.2) is 18.2 Å². The number of benzene rings is 1. The van der Waals surface area contributed by atoms with Gasteiger partial charge in [-0.15, -0.1) is 11.6 Å².